The third-order valence-electron chi connectivity index (χ3n) is 4.04. The van der Waals surface area contributed by atoms with Gasteiger partial charge in [0.05, 0.1) is 19.3 Å². The highest BCUT2D eigenvalue weighted by atomic mass is 16.5. The van der Waals surface area contributed by atoms with Crippen molar-refractivity contribution in [3.63, 3.8) is 0 Å². The van der Waals surface area contributed by atoms with E-state index >= 15 is 0 Å². The second-order valence-electron chi connectivity index (χ2n) is 5.73. The molecule has 2 fully saturated rings. The van der Waals surface area contributed by atoms with E-state index in [1.807, 2.05) is 0 Å². The van der Waals surface area contributed by atoms with Crippen LogP contribution in [0.2, 0.25) is 0 Å². The van der Waals surface area contributed by atoms with E-state index in [0.29, 0.717) is 5.92 Å². The summed E-state index contributed by atoms with van der Waals surface area (Å²) in [5.41, 5.74) is 0. The van der Waals surface area contributed by atoms with Crippen LogP contribution in [0, 0.1) is 5.92 Å². The number of nitrogens with zero attached hydrogens (tertiary/aromatic N) is 1. The van der Waals surface area contributed by atoms with Gasteiger partial charge in [-0.25, -0.2) is 0 Å². The highest BCUT2D eigenvalue weighted by molar-refractivity contribution is 5.81. The van der Waals surface area contributed by atoms with Crippen LogP contribution in [0.5, 0.6) is 0 Å². The van der Waals surface area contributed by atoms with Gasteiger partial charge in [-0.1, -0.05) is 6.92 Å². The fourth-order valence-electron chi connectivity index (χ4n) is 2.77. The molecule has 2 heterocycles. The Kier molecular flexibility index (Phi) is 6.07. The lowest BCUT2D eigenvalue weighted by Gasteiger charge is -2.28. The Hall–Kier alpha value is -0.650. The van der Waals surface area contributed by atoms with E-state index in [1.165, 1.54) is 6.42 Å². The van der Waals surface area contributed by atoms with Crippen LogP contribution in [-0.2, 0) is 9.53 Å². The van der Waals surface area contributed by atoms with Gasteiger partial charge in [-0.3, -0.25) is 9.69 Å². The van der Waals surface area contributed by atoms with Gasteiger partial charge in [-0.2, -0.15) is 0 Å². The maximum atomic E-state index is 12.0. The summed E-state index contributed by atoms with van der Waals surface area (Å²) in [5.74, 6) is 0.832. The van der Waals surface area contributed by atoms with E-state index in [0.717, 1.165) is 58.8 Å². The Morgan fingerprint density at radius 3 is 2.95 bits per heavy atom. The highest BCUT2D eigenvalue weighted by Crippen LogP contribution is 2.14. The molecule has 2 atom stereocenters. The average molecular weight is 269 g/mol. The summed E-state index contributed by atoms with van der Waals surface area (Å²) >= 11 is 0. The van der Waals surface area contributed by atoms with Gasteiger partial charge in [0.15, 0.2) is 0 Å². The zero-order valence-corrected chi connectivity index (χ0v) is 12.0. The first kappa shape index (κ1) is 14.8. The molecule has 110 valence electrons. The Morgan fingerprint density at radius 1 is 1.42 bits per heavy atom. The normalized spacial score (nSPS) is 29.1. The topological polar surface area (TPSA) is 53.6 Å². The van der Waals surface area contributed by atoms with Crippen LogP contribution in [0.3, 0.4) is 0 Å². The number of carbonyl (C=O) groups excluding carboxylic acids is 1. The Bertz CT molecular complexity index is 280. The van der Waals surface area contributed by atoms with Crippen molar-refractivity contribution in [3.8, 4) is 0 Å². The number of carbonyl (C=O) groups is 1. The van der Waals surface area contributed by atoms with Crippen LogP contribution in [0.15, 0.2) is 0 Å². The minimum absolute atomic E-state index is 0.0205. The van der Waals surface area contributed by atoms with E-state index in [-0.39, 0.29) is 11.9 Å². The van der Waals surface area contributed by atoms with Gasteiger partial charge in [0, 0.05) is 19.6 Å². The molecule has 2 rings (SSSR count). The number of piperidine rings is 1. The first-order valence-electron chi connectivity index (χ1n) is 7.57. The Morgan fingerprint density at radius 2 is 2.21 bits per heavy atom. The molecule has 2 unspecified atom stereocenters. The lowest BCUT2D eigenvalue weighted by molar-refractivity contribution is -0.124. The minimum Gasteiger partial charge on any atom is -0.379 e. The van der Waals surface area contributed by atoms with E-state index in [9.17, 15) is 4.79 Å². The van der Waals surface area contributed by atoms with Gasteiger partial charge in [-0.15, -0.1) is 0 Å². The van der Waals surface area contributed by atoms with Crippen molar-refractivity contribution in [2.24, 2.45) is 5.92 Å². The van der Waals surface area contributed by atoms with E-state index < -0.39 is 0 Å². The number of hydrogen-bond donors (Lipinski definition) is 2. The number of hydrogen-bond acceptors (Lipinski definition) is 4. The van der Waals surface area contributed by atoms with Crippen LogP contribution in [0.25, 0.3) is 0 Å². The third kappa shape index (κ3) is 5.09. The van der Waals surface area contributed by atoms with Gasteiger partial charge in [0.1, 0.15) is 0 Å². The molecule has 2 aliphatic rings. The molecule has 2 aliphatic heterocycles. The van der Waals surface area contributed by atoms with Crippen molar-refractivity contribution in [3.05, 3.63) is 0 Å². The quantitative estimate of drug-likeness (QED) is 0.701. The fraction of sp³-hybridized carbons (Fsp3) is 0.929. The molecule has 0 aromatic rings. The summed E-state index contributed by atoms with van der Waals surface area (Å²) in [6.45, 7) is 8.76. The molecule has 2 saturated heterocycles. The van der Waals surface area contributed by atoms with Crippen molar-refractivity contribution in [1.29, 1.82) is 0 Å². The van der Waals surface area contributed by atoms with E-state index in [1.54, 1.807) is 0 Å². The fourth-order valence-corrected chi connectivity index (χ4v) is 2.77. The van der Waals surface area contributed by atoms with Crippen molar-refractivity contribution >= 4 is 5.91 Å². The van der Waals surface area contributed by atoms with Crippen LogP contribution in [0.1, 0.15) is 26.2 Å². The van der Waals surface area contributed by atoms with Crippen LogP contribution >= 0.6 is 0 Å². The van der Waals surface area contributed by atoms with Gasteiger partial charge < -0.3 is 15.4 Å². The van der Waals surface area contributed by atoms with Gasteiger partial charge in [-0.05, 0) is 38.3 Å². The first-order valence-corrected chi connectivity index (χ1v) is 7.57. The number of morpholine rings is 1. The lowest BCUT2D eigenvalue weighted by Crippen LogP contribution is -2.48. The number of ether oxygens (including phenoxy) is 1. The van der Waals surface area contributed by atoms with Crippen molar-refractivity contribution in [2.75, 3.05) is 45.9 Å². The number of amides is 1. The number of rotatable bonds is 5. The van der Waals surface area contributed by atoms with Gasteiger partial charge in [0.25, 0.3) is 0 Å². The zero-order chi connectivity index (χ0) is 13.5. The molecule has 0 bridgehead atoms. The second kappa shape index (κ2) is 7.82. The van der Waals surface area contributed by atoms with Gasteiger partial charge >= 0.3 is 0 Å². The standard InChI is InChI=1S/C14H27N3O2/c1-12-3-5-15-13(11-12)14(18)16-4-2-6-17-7-9-19-10-8-17/h12-13,15H,2-11H2,1H3,(H,16,18). The molecule has 5 heteroatoms. The predicted molar refractivity (Wildman–Crippen MR) is 75.1 cm³/mol. The monoisotopic (exact) mass is 269 g/mol. The molecule has 1 amide bonds. The molecule has 0 spiro atoms. The summed E-state index contributed by atoms with van der Waals surface area (Å²) in [7, 11) is 0. The minimum atomic E-state index is 0.0205. The molecule has 0 aromatic heterocycles. The predicted octanol–water partition coefficient (Wildman–Crippen LogP) is 0.213. The van der Waals surface area contributed by atoms with Crippen LogP contribution < -0.4 is 10.6 Å². The molecule has 5 nitrogen and oxygen atoms in total. The number of nitrogens with one attached hydrogen (secondary N) is 2. The SMILES string of the molecule is CC1CCNC(C(=O)NCCCN2CCOCC2)C1. The summed E-state index contributed by atoms with van der Waals surface area (Å²) < 4.78 is 5.31. The lowest BCUT2D eigenvalue weighted by atomic mass is 9.94. The summed E-state index contributed by atoms with van der Waals surface area (Å²) in [6.07, 6.45) is 3.17. The maximum absolute atomic E-state index is 12.0. The smallest absolute Gasteiger partial charge is 0.237 e. The summed E-state index contributed by atoms with van der Waals surface area (Å²) in [6, 6.07) is 0.0205. The molecule has 0 saturated carbocycles. The molecule has 0 radical (unpaired) electrons. The maximum Gasteiger partial charge on any atom is 0.237 e. The summed E-state index contributed by atoms with van der Waals surface area (Å²) in [5, 5.41) is 6.35. The van der Waals surface area contributed by atoms with Crippen molar-refractivity contribution in [1.82, 2.24) is 15.5 Å². The van der Waals surface area contributed by atoms with E-state index in [4.69, 9.17) is 4.74 Å². The third-order valence-corrected chi connectivity index (χ3v) is 4.04. The van der Waals surface area contributed by atoms with Crippen LogP contribution in [-0.4, -0.2) is 62.8 Å². The molecule has 19 heavy (non-hydrogen) atoms. The van der Waals surface area contributed by atoms with Crippen LogP contribution in [0.4, 0.5) is 0 Å². The molecular weight excluding hydrogens is 242 g/mol. The zero-order valence-electron chi connectivity index (χ0n) is 12.0. The van der Waals surface area contributed by atoms with Gasteiger partial charge in [0.2, 0.25) is 5.91 Å². The van der Waals surface area contributed by atoms with E-state index in [2.05, 4.69) is 22.5 Å². The van der Waals surface area contributed by atoms with Crippen molar-refractivity contribution < 1.29 is 9.53 Å². The summed E-state index contributed by atoms with van der Waals surface area (Å²) in [4.78, 5) is 14.4. The molecule has 2 N–H and O–H groups in total. The average Bonchev–Trinajstić information content (AvgIpc) is 2.44. The molecule has 0 aliphatic carbocycles. The van der Waals surface area contributed by atoms with Crippen molar-refractivity contribution in [2.45, 2.75) is 32.2 Å². The molecular formula is C14H27N3O2. The molecule has 0 aromatic carbocycles. The first-order chi connectivity index (χ1) is 9.25. The second-order valence-corrected chi connectivity index (χ2v) is 5.73. The highest BCUT2D eigenvalue weighted by Gasteiger charge is 2.23. The Balaban J connectivity index is 1.55. The Labute approximate surface area is 116 Å². The largest absolute Gasteiger partial charge is 0.379 e.